The Kier molecular flexibility index (Phi) is 3.19. The highest BCUT2D eigenvalue weighted by Crippen LogP contribution is 2.06. The van der Waals surface area contributed by atoms with Gasteiger partial charge in [0.1, 0.15) is 11.6 Å². The summed E-state index contributed by atoms with van der Waals surface area (Å²) in [6, 6.07) is 5.58. The summed E-state index contributed by atoms with van der Waals surface area (Å²) in [5.41, 5.74) is 0. The highest BCUT2D eigenvalue weighted by Gasteiger charge is 1.97. The fraction of sp³-hybridized carbons (Fsp3) is 0.200. The van der Waals surface area contributed by atoms with E-state index in [9.17, 15) is 0 Å². The molecule has 0 spiro atoms. The van der Waals surface area contributed by atoms with E-state index in [-0.39, 0.29) is 5.28 Å². The van der Waals surface area contributed by atoms with Crippen molar-refractivity contribution in [3.05, 3.63) is 41.7 Å². The Hall–Kier alpha value is -1.55. The van der Waals surface area contributed by atoms with Gasteiger partial charge in [-0.25, -0.2) is 9.97 Å². The number of nitrogens with zero attached hydrogens (tertiary/aromatic N) is 2. The second kappa shape index (κ2) is 4.79. The summed E-state index contributed by atoms with van der Waals surface area (Å²) in [6.45, 7) is 0.751. The summed E-state index contributed by atoms with van der Waals surface area (Å²) < 4.78 is 5.20. The third-order valence-corrected chi connectivity index (χ3v) is 2.07. The third-order valence-electron chi connectivity index (χ3n) is 1.88. The summed E-state index contributed by atoms with van der Waals surface area (Å²) in [5, 5.41) is 3.38. The van der Waals surface area contributed by atoms with Crippen molar-refractivity contribution in [2.75, 3.05) is 11.9 Å². The van der Waals surface area contributed by atoms with Crippen molar-refractivity contribution in [3.8, 4) is 0 Å². The standard InChI is InChI=1S/C10H10ClN3O/c11-10-13-6-4-9(14-10)12-5-3-8-2-1-7-15-8/h1-2,4,6-7H,3,5H2,(H,12,13,14). The van der Waals surface area contributed by atoms with Gasteiger partial charge in [-0.3, -0.25) is 0 Å². The first kappa shape index (κ1) is 9.98. The number of anilines is 1. The predicted octanol–water partition coefficient (Wildman–Crippen LogP) is 2.38. The van der Waals surface area contributed by atoms with Crippen molar-refractivity contribution in [1.82, 2.24) is 9.97 Å². The molecule has 0 amide bonds. The lowest BCUT2D eigenvalue weighted by atomic mass is 10.3. The summed E-state index contributed by atoms with van der Waals surface area (Å²) in [7, 11) is 0. The third kappa shape index (κ3) is 2.95. The predicted molar refractivity (Wildman–Crippen MR) is 57.9 cm³/mol. The number of hydrogen-bond acceptors (Lipinski definition) is 4. The van der Waals surface area contributed by atoms with Crippen LogP contribution in [0.5, 0.6) is 0 Å². The zero-order chi connectivity index (χ0) is 10.5. The van der Waals surface area contributed by atoms with Crippen molar-refractivity contribution < 1.29 is 4.42 Å². The molecular formula is C10H10ClN3O. The minimum Gasteiger partial charge on any atom is -0.469 e. The van der Waals surface area contributed by atoms with Crippen molar-refractivity contribution in [3.63, 3.8) is 0 Å². The molecule has 0 saturated heterocycles. The molecule has 0 aromatic carbocycles. The fourth-order valence-electron chi connectivity index (χ4n) is 1.20. The molecule has 0 unspecified atom stereocenters. The molecule has 2 aromatic rings. The molecule has 0 saturated carbocycles. The van der Waals surface area contributed by atoms with Gasteiger partial charge in [0.25, 0.3) is 0 Å². The lowest BCUT2D eigenvalue weighted by molar-refractivity contribution is 0.513. The maximum atomic E-state index is 5.64. The summed E-state index contributed by atoms with van der Waals surface area (Å²) in [4.78, 5) is 7.80. The minimum absolute atomic E-state index is 0.248. The average Bonchev–Trinajstić information content (AvgIpc) is 2.71. The topological polar surface area (TPSA) is 51.0 Å². The molecule has 0 aliphatic heterocycles. The minimum atomic E-state index is 0.248. The van der Waals surface area contributed by atoms with E-state index in [2.05, 4.69) is 15.3 Å². The molecule has 78 valence electrons. The van der Waals surface area contributed by atoms with Gasteiger partial charge in [0.15, 0.2) is 0 Å². The molecule has 4 nitrogen and oxygen atoms in total. The fourth-order valence-corrected chi connectivity index (χ4v) is 1.35. The number of hydrogen-bond donors (Lipinski definition) is 1. The van der Waals surface area contributed by atoms with E-state index in [1.165, 1.54) is 0 Å². The SMILES string of the molecule is Clc1nccc(NCCc2ccco2)n1. The Bertz CT molecular complexity index is 416. The average molecular weight is 224 g/mol. The zero-order valence-corrected chi connectivity index (χ0v) is 8.74. The highest BCUT2D eigenvalue weighted by atomic mass is 35.5. The molecule has 0 bridgehead atoms. The van der Waals surface area contributed by atoms with E-state index in [1.54, 1.807) is 18.5 Å². The van der Waals surface area contributed by atoms with Crippen molar-refractivity contribution >= 4 is 17.4 Å². The van der Waals surface area contributed by atoms with Crippen LogP contribution in [0.3, 0.4) is 0 Å². The lowest BCUT2D eigenvalue weighted by Gasteiger charge is -2.03. The molecule has 0 aliphatic rings. The maximum absolute atomic E-state index is 5.64. The zero-order valence-electron chi connectivity index (χ0n) is 7.98. The van der Waals surface area contributed by atoms with Gasteiger partial charge >= 0.3 is 0 Å². The molecular weight excluding hydrogens is 214 g/mol. The van der Waals surface area contributed by atoms with E-state index in [4.69, 9.17) is 16.0 Å². The lowest BCUT2D eigenvalue weighted by Crippen LogP contribution is -2.05. The van der Waals surface area contributed by atoms with Crippen molar-refractivity contribution in [2.45, 2.75) is 6.42 Å². The van der Waals surface area contributed by atoms with Crippen LogP contribution in [-0.2, 0) is 6.42 Å². The second-order valence-corrected chi connectivity index (χ2v) is 3.31. The molecule has 1 N–H and O–H groups in total. The van der Waals surface area contributed by atoms with E-state index in [1.807, 2.05) is 12.1 Å². The molecule has 0 atom stereocenters. The van der Waals surface area contributed by atoms with Gasteiger partial charge < -0.3 is 9.73 Å². The van der Waals surface area contributed by atoms with Crippen LogP contribution >= 0.6 is 11.6 Å². The van der Waals surface area contributed by atoms with Gasteiger partial charge in [0, 0.05) is 19.2 Å². The van der Waals surface area contributed by atoms with Crippen molar-refractivity contribution in [1.29, 1.82) is 0 Å². The normalized spacial score (nSPS) is 10.2. The van der Waals surface area contributed by atoms with Crippen LogP contribution in [0.25, 0.3) is 0 Å². The Morgan fingerprint density at radius 1 is 1.40 bits per heavy atom. The number of nitrogens with one attached hydrogen (secondary N) is 1. The van der Waals surface area contributed by atoms with Crippen molar-refractivity contribution in [2.24, 2.45) is 0 Å². The smallest absolute Gasteiger partial charge is 0.224 e. The Labute approximate surface area is 92.3 Å². The maximum Gasteiger partial charge on any atom is 0.224 e. The van der Waals surface area contributed by atoms with Crippen LogP contribution < -0.4 is 5.32 Å². The largest absolute Gasteiger partial charge is 0.469 e. The number of halogens is 1. The molecule has 0 aliphatic carbocycles. The number of rotatable bonds is 4. The highest BCUT2D eigenvalue weighted by molar-refractivity contribution is 6.28. The second-order valence-electron chi connectivity index (χ2n) is 2.97. The summed E-state index contributed by atoms with van der Waals surface area (Å²) in [6.07, 6.45) is 4.09. The van der Waals surface area contributed by atoms with Crippen LogP contribution in [0.1, 0.15) is 5.76 Å². The van der Waals surface area contributed by atoms with E-state index >= 15 is 0 Å². The Morgan fingerprint density at radius 2 is 2.33 bits per heavy atom. The molecule has 2 aromatic heterocycles. The van der Waals surface area contributed by atoms with E-state index < -0.39 is 0 Å². The van der Waals surface area contributed by atoms with E-state index in [0.29, 0.717) is 0 Å². The molecule has 2 heterocycles. The Morgan fingerprint density at radius 3 is 3.07 bits per heavy atom. The molecule has 0 radical (unpaired) electrons. The van der Waals surface area contributed by atoms with E-state index in [0.717, 1.165) is 24.5 Å². The van der Waals surface area contributed by atoms with Crippen LogP contribution in [0, 0.1) is 0 Å². The van der Waals surface area contributed by atoms with Crippen LogP contribution in [0.2, 0.25) is 5.28 Å². The van der Waals surface area contributed by atoms with Gasteiger partial charge in [-0.05, 0) is 29.8 Å². The van der Waals surface area contributed by atoms with Gasteiger partial charge in [-0.2, -0.15) is 0 Å². The molecule has 0 fully saturated rings. The Balaban J connectivity index is 1.83. The quantitative estimate of drug-likeness (QED) is 0.809. The van der Waals surface area contributed by atoms with Gasteiger partial charge in [0.2, 0.25) is 5.28 Å². The van der Waals surface area contributed by atoms with Crippen LogP contribution in [0.15, 0.2) is 35.1 Å². The summed E-state index contributed by atoms with van der Waals surface area (Å²) in [5.74, 6) is 1.67. The first-order valence-corrected chi connectivity index (χ1v) is 4.97. The first-order valence-electron chi connectivity index (χ1n) is 4.59. The molecule has 5 heteroatoms. The molecule has 15 heavy (non-hydrogen) atoms. The summed E-state index contributed by atoms with van der Waals surface area (Å²) >= 11 is 5.64. The monoisotopic (exact) mass is 223 g/mol. The number of aromatic nitrogens is 2. The van der Waals surface area contributed by atoms with Gasteiger partial charge in [0.05, 0.1) is 6.26 Å². The molecule has 2 rings (SSSR count). The number of furan rings is 1. The van der Waals surface area contributed by atoms with Crippen LogP contribution in [-0.4, -0.2) is 16.5 Å². The van der Waals surface area contributed by atoms with Gasteiger partial charge in [-0.15, -0.1) is 0 Å². The van der Waals surface area contributed by atoms with Gasteiger partial charge in [-0.1, -0.05) is 0 Å². The van der Waals surface area contributed by atoms with Crippen LogP contribution in [0.4, 0.5) is 5.82 Å². The first-order chi connectivity index (χ1) is 7.34.